The highest BCUT2D eigenvalue weighted by molar-refractivity contribution is 6.32. The van der Waals surface area contributed by atoms with Crippen molar-refractivity contribution in [1.82, 2.24) is 14.9 Å². The van der Waals surface area contributed by atoms with E-state index in [9.17, 15) is 41.5 Å². The molecule has 5 aromatic rings. The van der Waals surface area contributed by atoms with Crippen LogP contribution in [0.4, 0.5) is 69.0 Å². The second kappa shape index (κ2) is 16.6. The highest BCUT2D eigenvalue weighted by Crippen LogP contribution is 2.50. The summed E-state index contributed by atoms with van der Waals surface area (Å²) in [4.78, 5) is 22.4. The second-order valence-electron chi connectivity index (χ2n) is 14.8. The topological polar surface area (TPSA) is 115 Å². The minimum Gasteiger partial charge on any atom is -0.496 e. The smallest absolute Gasteiger partial charge is 0.419 e. The SMILES string of the molecule is COc1ccc(CN(Cc2ccc(OC)c(C(F)(F)F)c2)c2cc(Cl)c(C(F)(F)F)c(-c3c(F)cc4c(N5C[C@H]6CC[C@@H](C5)N6C(=O)O)nc(F)nc4c3F)c2C#N)cc1C(F)(F)F. The third kappa shape index (κ3) is 8.39. The molecule has 10 nitrogen and oxygen atoms in total. The number of ether oxygens (including phenoxy) is 2. The molecule has 0 spiro atoms. The Morgan fingerprint density at radius 3 is 1.81 bits per heavy atom. The van der Waals surface area contributed by atoms with E-state index in [1.165, 1.54) is 15.9 Å². The number of nitrogens with zero attached hydrogens (tertiary/aromatic N) is 6. The van der Waals surface area contributed by atoms with Crippen LogP contribution >= 0.6 is 11.6 Å². The summed E-state index contributed by atoms with van der Waals surface area (Å²) in [5.74, 6) is -5.41. The van der Waals surface area contributed by atoms with E-state index in [0.29, 0.717) is 37.1 Å². The molecular weight excluding hydrogens is 904 g/mol. The molecule has 2 saturated heterocycles. The molecule has 0 saturated carbocycles. The number of carbonyl (C=O) groups is 1. The molecule has 7 rings (SSSR count). The molecular formula is C41H29ClF12N6O4. The maximum Gasteiger partial charge on any atom is 0.419 e. The highest BCUT2D eigenvalue weighted by Gasteiger charge is 2.45. The number of benzene rings is 4. The Balaban J connectivity index is 1.46. The summed E-state index contributed by atoms with van der Waals surface area (Å²) in [6, 6.07) is 6.38. The Morgan fingerprint density at radius 1 is 0.828 bits per heavy atom. The van der Waals surface area contributed by atoms with Gasteiger partial charge in [-0.2, -0.15) is 59.1 Å². The number of carboxylic acid groups (broad SMARTS) is 1. The van der Waals surface area contributed by atoms with Crippen LogP contribution in [-0.4, -0.2) is 65.5 Å². The molecule has 2 atom stereocenters. The van der Waals surface area contributed by atoms with Crippen LogP contribution in [0.2, 0.25) is 5.02 Å². The first kappa shape index (κ1) is 45.6. The molecule has 338 valence electrons. The van der Waals surface area contributed by atoms with Gasteiger partial charge in [-0.3, -0.25) is 4.90 Å². The van der Waals surface area contributed by atoms with E-state index < -0.39 is 140 Å². The minimum atomic E-state index is -5.60. The summed E-state index contributed by atoms with van der Waals surface area (Å²) >= 11 is 6.27. The van der Waals surface area contributed by atoms with E-state index in [4.69, 9.17) is 21.1 Å². The zero-order valence-corrected chi connectivity index (χ0v) is 33.5. The van der Waals surface area contributed by atoms with Crippen molar-refractivity contribution in [2.75, 3.05) is 37.1 Å². The summed E-state index contributed by atoms with van der Waals surface area (Å²) in [6.07, 6.45) is -17.7. The number of aromatic nitrogens is 2. The average Bonchev–Trinajstić information content (AvgIpc) is 3.48. The summed E-state index contributed by atoms with van der Waals surface area (Å²) in [5.41, 5.74) is -11.3. The number of alkyl halides is 9. The number of hydrogen-bond donors (Lipinski definition) is 1. The summed E-state index contributed by atoms with van der Waals surface area (Å²) in [5, 5.41) is 18.5. The summed E-state index contributed by atoms with van der Waals surface area (Å²) in [7, 11) is 1.89. The molecule has 64 heavy (non-hydrogen) atoms. The molecule has 0 radical (unpaired) electrons. The third-order valence-electron chi connectivity index (χ3n) is 11.0. The average molecular weight is 933 g/mol. The molecule has 4 aromatic carbocycles. The first-order valence-corrected chi connectivity index (χ1v) is 19.0. The fourth-order valence-corrected chi connectivity index (χ4v) is 8.66. The van der Waals surface area contributed by atoms with E-state index in [-0.39, 0.29) is 24.2 Å². The predicted molar refractivity (Wildman–Crippen MR) is 204 cm³/mol. The van der Waals surface area contributed by atoms with Gasteiger partial charge < -0.3 is 24.4 Å². The van der Waals surface area contributed by atoms with Gasteiger partial charge in [0.15, 0.2) is 5.82 Å². The normalized spacial score (nSPS) is 16.6. The monoisotopic (exact) mass is 932 g/mol. The number of methoxy groups -OCH3 is 2. The Morgan fingerprint density at radius 2 is 1.36 bits per heavy atom. The van der Waals surface area contributed by atoms with Crippen molar-refractivity contribution in [3.8, 4) is 28.7 Å². The number of nitriles is 1. The number of hydrogen-bond acceptors (Lipinski definition) is 8. The number of anilines is 2. The molecule has 2 aliphatic heterocycles. The largest absolute Gasteiger partial charge is 0.496 e. The standard InChI is InChI=1S/C41H29ClF12N6O4/c1-63-29-7-3-18(9-24(29)39(46,47)48)14-58(15-19-4-8-30(64-2)25(10-19)40(49,50)51)28-12-26(42)33(41(52,53)54)31(23(28)13-55)32-27(43)11-22-35(34(32)44)56-37(45)57-36(22)59-16-20-5-6-21(17-59)60(20)38(61)62/h3-4,7-12,20-21H,5-6,14-17H2,1-2H3,(H,61,62)/t20-,21+. The van der Waals surface area contributed by atoms with Crippen LogP contribution in [-0.2, 0) is 31.6 Å². The van der Waals surface area contributed by atoms with E-state index in [0.717, 1.165) is 43.4 Å². The lowest BCUT2D eigenvalue weighted by Crippen LogP contribution is -2.55. The molecule has 2 bridgehead atoms. The van der Waals surface area contributed by atoms with E-state index >= 15 is 26.3 Å². The molecule has 2 fully saturated rings. The van der Waals surface area contributed by atoms with Crippen LogP contribution in [0, 0.1) is 29.0 Å². The van der Waals surface area contributed by atoms with Crippen molar-refractivity contribution in [2.45, 2.75) is 56.5 Å². The van der Waals surface area contributed by atoms with Gasteiger partial charge in [-0.15, -0.1) is 0 Å². The highest BCUT2D eigenvalue weighted by atomic mass is 35.5. The quantitative estimate of drug-likeness (QED) is 0.114. The first-order valence-electron chi connectivity index (χ1n) is 18.7. The van der Waals surface area contributed by atoms with E-state index in [1.807, 2.05) is 0 Å². The van der Waals surface area contributed by atoms with Crippen molar-refractivity contribution in [2.24, 2.45) is 0 Å². The number of amides is 1. The maximum atomic E-state index is 17.0. The van der Waals surface area contributed by atoms with Crippen LogP contribution in [0.15, 0.2) is 48.5 Å². The van der Waals surface area contributed by atoms with Crippen LogP contribution < -0.4 is 19.3 Å². The van der Waals surface area contributed by atoms with Crippen molar-refractivity contribution in [1.29, 1.82) is 5.26 Å². The molecule has 1 N–H and O–H groups in total. The minimum absolute atomic E-state index is 0.110. The zero-order chi connectivity index (χ0) is 46.8. The summed E-state index contributed by atoms with van der Waals surface area (Å²) < 4.78 is 189. The van der Waals surface area contributed by atoms with Gasteiger partial charge >= 0.3 is 30.7 Å². The van der Waals surface area contributed by atoms with E-state index in [1.54, 1.807) is 0 Å². The number of halogens is 13. The van der Waals surface area contributed by atoms with Crippen molar-refractivity contribution >= 4 is 40.1 Å². The van der Waals surface area contributed by atoms with Gasteiger partial charge in [0.25, 0.3) is 0 Å². The first-order chi connectivity index (χ1) is 30.0. The Bertz CT molecular complexity index is 2640. The van der Waals surface area contributed by atoms with Crippen LogP contribution in [0.3, 0.4) is 0 Å². The van der Waals surface area contributed by atoms with Crippen molar-refractivity contribution < 1.29 is 72.1 Å². The van der Waals surface area contributed by atoms with Gasteiger partial charge in [0.05, 0.1) is 64.8 Å². The van der Waals surface area contributed by atoms with E-state index in [2.05, 4.69) is 9.97 Å². The molecule has 23 heteroatoms. The van der Waals surface area contributed by atoms with Crippen molar-refractivity contribution in [3.05, 3.63) is 105 Å². The number of piperazine rings is 1. The third-order valence-corrected chi connectivity index (χ3v) is 11.3. The maximum absolute atomic E-state index is 17.0. The van der Waals surface area contributed by atoms with Gasteiger partial charge in [-0.1, -0.05) is 23.7 Å². The zero-order valence-electron chi connectivity index (χ0n) is 32.8. The predicted octanol–water partition coefficient (Wildman–Crippen LogP) is 10.9. The molecule has 3 heterocycles. The Kier molecular flexibility index (Phi) is 11.9. The lowest BCUT2D eigenvalue weighted by molar-refractivity contribution is -0.139. The molecule has 2 aliphatic rings. The number of fused-ring (bicyclic) bond motifs is 3. The lowest BCUT2D eigenvalue weighted by atomic mass is 9.90. The van der Waals surface area contributed by atoms with Crippen LogP contribution in [0.25, 0.3) is 22.0 Å². The van der Waals surface area contributed by atoms with Gasteiger partial charge in [0.2, 0.25) is 0 Å². The molecule has 1 aromatic heterocycles. The van der Waals surface area contributed by atoms with Gasteiger partial charge in [0, 0.05) is 37.1 Å². The van der Waals surface area contributed by atoms with Gasteiger partial charge in [-0.05, 0) is 60.4 Å². The molecule has 1 amide bonds. The van der Waals surface area contributed by atoms with Crippen molar-refractivity contribution in [3.63, 3.8) is 0 Å². The molecule has 0 unspecified atom stereocenters. The number of rotatable bonds is 9. The summed E-state index contributed by atoms with van der Waals surface area (Å²) in [6.45, 7) is -1.84. The molecule has 0 aliphatic carbocycles. The van der Waals surface area contributed by atoms with Crippen LogP contribution in [0.5, 0.6) is 11.5 Å². The van der Waals surface area contributed by atoms with Gasteiger partial charge in [0.1, 0.15) is 34.7 Å². The van der Waals surface area contributed by atoms with Crippen LogP contribution in [0.1, 0.15) is 46.2 Å². The fraction of sp³-hybridized carbons (Fsp3) is 0.317. The Labute approximate surface area is 358 Å². The Hall–Kier alpha value is -6.37. The second-order valence-corrected chi connectivity index (χ2v) is 15.2. The lowest BCUT2D eigenvalue weighted by Gasteiger charge is -2.40. The fourth-order valence-electron chi connectivity index (χ4n) is 8.36. The van der Waals surface area contributed by atoms with Gasteiger partial charge in [-0.25, -0.2) is 13.6 Å².